The van der Waals surface area contributed by atoms with Crippen molar-refractivity contribution in [1.29, 1.82) is 0 Å². The van der Waals surface area contributed by atoms with Gasteiger partial charge in [0, 0.05) is 5.56 Å². The van der Waals surface area contributed by atoms with E-state index in [0.717, 1.165) is 43.6 Å². The highest BCUT2D eigenvalue weighted by Crippen LogP contribution is 2.40. The van der Waals surface area contributed by atoms with Crippen LogP contribution in [0.25, 0.3) is 11.1 Å². The first-order valence-electron chi connectivity index (χ1n) is 9.71. The summed E-state index contributed by atoms with van der Waals surface area (Å²) in [5.74, 6) is -0.405. The van der Waals surface area contributed by atoms with Crippen molar-refractivity contribution in [3.8, 4) is 11.1 Å². The Kier molecular flexibility index (Phi) is 5.88. The summed E-state index contributed by atoms with van der Waals surface area (Å²) in [7, 11) is 0. The number of hydrogen-bond acceptors (Lipinski definition) is 0. The van der Waals surface area contributed by atoms with Gasteiger partial charge in [-0.15, -0.1) is 0 Å². The average molecular weight is 342 g/mol. The Morgan fingerprint density at radius 1 is 0.840 bits per heavy atom. The van der Waals surface area contributed by atoms with Crippen LogP contribution in [-0.2, 0) is 6.42 Å². The third-order valence-electron chi connectivity index (χ3n) is 5.77. The van der Waals surface area contributed by atoms with Gasteiger partial charge in [0.25, 0.3) is 0 Å². The zero-order valence-corrected chi connectivity index (χ0v) is 15.3. The normalized spacial score (nSPS) is 20.6. The molecule has 2 aromatic rings. The van der Waals surface area contributed by atoms with E-state index >= 15 is 0 Å². The lowest BCUT2D eigenvalue weighted by Crippen LogP contribution is -2.14. The van der Waals surface area contributed by atoms with Crippen LogP contribution in [0.4, 0.5) is 8.78 Å². The van der Waals surface area contributed by atoms with Crippen LogP contribution >= 0.6 is 0 Å². The maximum absolute atomic E-state index is 14.7. The molecule has 1 aliphatic rings. The molecule has 0 saturated heterocycles. The van der Waals surface area contributed by atoms with Gasteiger partial charge in [-0.1, -0.05) is 63.1 Å². The molecule has 1 aliphatic carbocycles. The molecule has 0 amide bonds. The van der Waals surface area contributed by atoms with Crippen LogP contribution in [0.2, 0.25) is 0 Å². The lowest BCUT2D eigenvalue weighted by Gasteiger charge is -2.29. The molecule has 0 aromatic heterocycles. The van der Waals surface area contributed by atoms with Crippen molar-refractivity contribution in [2.75, 3.05) is 0 Å². The highest BCUT2D eigenvalue weighted by atomic mass is 19.2. The van der Waals surface area contributed by atoms with Crippen molar-refractivity contribution in [3.05, 3.63) is 59.2 Å². The van der Waals surface area contributed by atoms with E-state index in [0.29, 0.717) is 11.1 Å². The van der Waals surface area contributed by atoms with Crippen LogP contribution in [0.5, 0.6) is 0 Å². The fourth-order valence-electron chi connectivity index (χ4n) is 4.19. The first-order valence-corrected chi connectivity index (χ1v) is 9.71. The molecule has 0 radical (unpaired) electrons. The van der Waals surface area contributed by atoms with Crippen molar-refractivity contribution in [1.82, 2.24) is 0 Å². The third kappa shape index (κ3) is 3.94. The van der Waals surface area contributed by atoms with Gasteiger partial charge in [-0.2, -0.15) is 0 Å². The Bertz CT molecular complexity index is 695. The fraction of sp³-hybridized carbons (Fsp3) is 0.478. The van der Waals surface area contributed by atoms with E-state index in [1.54, 1.807) is 6.07 Å². The maximum Gasteiger partial charge on any atom is 0.166 e. The fourth-order valence-corrected chi connectivity index (χ4v) is 4.19. The molecule has 0 bridgehead atoms. The molecule has 3 rings (SSSR count). The summed E-state index contributed by atoms with van der Waals surface area (Å²) in [6.45, 7) is 4.30. The number of halogens is 2. The zero-order valence-electron chi connectivity index (χ0n) is 15.3. The van der Waals surface area contributed by atoms with Gasteiger partial charge in [0.2, 0.25) is 0 Å². The minimum atomic E-state index is -0.697. The summed E-state index contributed by atoms with van der Waals surface area (Å²) >= 11 is 0. The van der Waals surface area contributed by atoms with Gasteiger partial charge >= 0.3 is 0 Å². The first kappa shape index (κ1) is 18.1. The monoisotopic (exact) mass is 342 g/mol. The minimum Gasteiger partial charge on any atom is -0.203 e. The molecule has 2 aromatic carbocycles. The van der Waals surface area contributed by atoms with Gasteiger partial charge in [-0.3, -0.25) is 0 Å². The summed E-state index contributed by atoms with van der Waals surface area (Å²) < 4.78 is 29.5. The molecule has 0 aliphatic heterocycles. The van der Waals surface area contributed by atoms with Crippen LogP contribution in [-0.4, -0.2) is 0 Å². The number of rotatable bonds is 5. The molecule has 0 atom stereocenters. The minimum absolute atomic E-state index is 0.166. The van der Waals surface area contributed by atoms with Crippen molar-refractivity contribution in [2.24, 2.45) is 5.92 Å². The molecular weight excluding hydrogens is 314 g/mol. The predicted molar refractivity (Wildman–Crippen MR) is 101 cm³/mol. The first-order chi connectivity index (χ1) is 12.1. The lowest BCUT2D eigenvalue weighted by molar-refractivity contribution is 0.303. The summed E-state index contributed by atoms with van der Waals surface area (Å²) in [5.41, 5.74) is 2.88. The second-order valence-corrected chi connectivity index (χ2v) is 7.39. The van der Waals surface area contributed by atoms with Gasteiger partial charge in [0.05, 0.1) is 0 Å². The highest BCUT2D eigenvalue weighted by molar-refractivity contribution is 5.65. The van der Waals surface area contributed by atoms with Crippen molar-refractivity contribution in [3.63, 3.8) is 0 Å². The summed E-state index contributed by atoms with van der Waals surface area (Å²) in [4.78, 5) is 0. The molecule has 0 unspecified atom stereocenters. The molecule has 1 fully saturated rings. The summed E-state index contributed by atoms with van der Waals surface area (Å²) in [6, 6.07) is 11.3. The van der Waals surface area contributed by atoms with Crippen LogP contribution in [0.15, 0.2) is 36.4 Å². The van der Waals surface area contributed by atoms with Crippen LogP contribution in [0.1, 0.15) is 69.4 Å². The number of hydrogen-bond donors (Lipinski definition) is 0. The SMILES string of the molecule is CCCC1CCC(c2ccc(-c3ccc(CC)cc3)c(F)c2F)CC1. The molecule has 134 valence electrons. The average Bonchev–Trinajstić information content (AvgIpc) is 2.65. The van der Waals surface area contributed by atoms with E-state index in [1.807, 2.05) is 30.3 Å². The molecule has 0 heterocycles. The molecule has 0 spiro atoms. The topological polar surface area (TPSA) is 0 Å². The molecule has 25 heavy (non-hydrogen) atoms. The van der Waals surface area contributed by atoms with Crippen molar-refractivity contribution < 1.29 is 8.78 Å². The van der Waals surface area contributed by atoms with Crippen molar-refractivity contribution in [2.45, 2.75) is 64.7 Å². The third-order valence-corrected chi connectivity index (χ3v) is 5.77. The largest absolute Gasteiger partial charge is 0.203 e. The second-order valence-electron chi connectivity index (χ2n) is 7.39. The van der Waals surface area contributed by atoms with Crippen LogP contribution in [0.3, 0.4) is 0 Å². The number of benzene rings is 2. The standard InChI is InChI=1S/C23H28F2/c1-3-5-17-8-12-19(13-9-17)21-15-14-20(22(24)23(21)25)18-10-6-16(4-2)7-11-18/h6-7,10-11,14-15,17,19H,3-5,8-9,12-13H2,1-2H3. The molecule has 0 nitrogen and oxygen atoms in total. The van der Waals surface area contributed by atoms with Crippen LogP contribution < -0.4 is 0 Å². The molecule has 2 heteroatoms. The lowest BCUT2D eigenvalue weighted by atomic mass is 9.77. The Labute approximate surface area is 150 Å². The van der Waals surface area contributed by atoms with E-state index in [9.17, 15) is 8.78 Å². The predicted octanol–water partition coefficient (Wildman–Crippen LogP) is 7.27. The Morgan fingerprint density at radius 3 is 2.12 bits per heavy atom. The van der Waals surface area contributed by atoms with Gasteiger partial charge < -0.3 is 0 Å². The van der Waals surface area contributed by atoms with Gasteiger partial charge in [-0.05, 0) is 60.6 Å². The second kappa shape index (κ2) is 8.12. The summed E-state index contributed by atoms with van der Waals surface area (Å²) in [6.07, 6.45) is 7.65. The Hall–Kier alpha value is -1.70. The van der Waals surface area contributed by atoms with E-state index in [1.165, 1.54) is 18.4 Å². The van der Waals surface area contributed by atoms with E-state index < -0.39 is 11.6 Å². The number of aryl methyl sites for hydroxylation is 1. The highest BCUT2D eigenvalue weighted by Gasteiger charge is 2.26. The summed E-state index contributed by atoms with van der Waals surface area (Å²) in [5, 5.41) is 0. The van der Waals surface area contributed by atoms with Gasteiger partial charge in [-0.25, -0.2) is 8.78 Å². The van der Waals surface area contributed by atoms with E-state index in [-0.39, 0.29) is 5.92 Å². The molecule has 0 N–H and O–H groups in total. The van der Waals surface area contributed by atoms with Gasteiger partial charge in [0.15, 0.2) is 11.6 Å². The molecule has 1 saturated carbocycles. The van der Waals surface area contributed by atoms with Crippen LogP contribution in [0, 0.1) is 17.6 Å². The van der Waals surface area contributed by atoms with Gasteiger partial charge in [0.1, 0.15) is 0 Å². The maximum atomic E-state index is 14.7. The quantitative estimate of drug-likeness (QED) is 0.536. The van der Waals surface area contributed by atoms with E-state index in [2.05, 4.69) is 13.8 Å². The molecular formula is C23H28F2. The Balaban J connectivity index is 1.81. The van der Waals surface area contributed by atoms with E-state index in [4.69, 9.17) is 0 Å². The van der Waals surface area contributed by atoms with Crippen molar-refractivity contribution >= 4 is 0 Å². The Morgan fingerprint density at radius 2 is 1.52 bits per heavy atom. The smallest absolute Gasteiger partial charge is 0.166 e. The zero-order chi connectivity index (χ0) is 17.8.